The van der Waals surface area contributed by atoms with E-state index in [1.165, 1.54) is 5.56 Å². The Hall–Kier alpha value is -2.15. The van der Waals surface area contributed by atoms with Crippen LogP contribution < -0.4 is 11.2 Å². The van der Waals surface area contributed by atoms with Gasteiger partial charge in [0.25, 0.3) is 0 Å². The Bertz CT molecular complexity index is 741. The quantitative estimate of drug-likeness (QED) is 0.694. The third-order valence-corrected chi connectivity index (χ3v) is 5.14. The Labute approximate surface area is 154 Å². The summed E-state index contributed by atoms with van der Waals surface area (Å²) >= 11 is 0. The number of piperidine rings is 1. The van der Waals surface area contributed by atoms with Crippen LogP contribution in [-0.2, 0) is 17.8 Å². The third-order valence-electron chi connectivity index (χ3n) is 5.14. The summed E-state index contributed by atoms with van der Waals surface area (Å²) in [6, 6.07) is 15.3. The molecule has 0 aromatic heterocycles. The number of nitrogens with zero attached hydrogens (tertiary/aromatic N) is 1. The summed E-state index contributed by atoms with van der Waals surface area (Å²) < 4.78 is 0. The van der Waals surface area contributed by atoms with Gasteiger partial charge in [0.15, 0.2) is 0 Å². The van der Waals surface area contributed by atoms with Crippen molar-refractivity contribution in [3.63, 3.8) is 0 Å². The van der Waals surface area contributed by atoms with E-state index in [-0.39, 0.29) is 5.91 Å². The standard InChI is InChI=1S/C20H25BN2O3/c22-14-16-2-1-3-18(12-16)17-8-10-23(11-9-17)20(24)13-15-4-6-19(7-5-15)21(25)26/h1-7,12,17,25-26H,8-11,13-14,22H2. The van der Waals surface area contributed by atoms with E-state index >= 15 is 0 Å². The van der Waals surface area contributed by atoms with Crippen LogP contribution in [0.1, 0.15) is 35.4 Å². The molecule has 1 amide bonds. The molecule has 0 aliphatic carbocycles. The minimum Gasteiger partial charge on any atom is -0.423 e. The molecule has 1 saturated heterocycles. The highest BCUT2D eigenvalue weighted by molar-refractivity contribution is 6.58. The van der Waals surface area contributed by atoms with Crippen LogP contribution in [0.4, 0.5) is 0 Å². The second-order valence-corrected chi connectivity index (χ2v) is 6.90. The molecule has 3 rings (SSSR count). The van der Waals surface area contributed by atoms with Gasteiger partial charge in [0.2, 0.25) is 5.91 Å². The van der Waals surface area contributed by atoms with E-state index in [9.17, 15) is 4.79 Å². The smallest absolute Gasteiger partial charge is 0.423 e. The number of carbonyl (C=O) groups excluding carboxylic acids is 1. The summed E-state index contributed by atoms with van der Waals surface area (Å²) in [6.07, 6.45) is 2.28. The molecular formula is C20H25BN2O3. The van der Waals surface area contributed by atoms with Crippen molar-refractivity contribution in [1.29, 1.82) is 0 Å². The molecule has 6 heteroatoms. The maximum absolute atomic E-state index is 12.5. The summed E-state index contributed by atoms with van der Waals surface area (Å²) in [4.78, 5) is 14.5. The summed E-state index contributed by atoms with van der Waals surface area (Å²) in [5.74, 6) is 0.604. The predicted octanol–water partition coefficient (Wildman–Crippen LogP) is 0.774. The van der Waals surface area contributed by atoms with Gasteiger partial charge in [0.05, 0.1) is 6.42 Å². The van der Waals surface area contributed by atoms with Crippen molar-refractivity contribution in [1.82, 2.24) is 4.90 Å². The zero-order valence-corrected chi connectivity index (χ0v) is 14.8. The van der Waals surface area contributed by atoms with Crippen LogP contribution in [-0.4, -0.2) is 41.1 Å². The molecule has 0 radical (unpaired) electrons. The molecule has 0 unspecified atom stereocenters. The number of amides is 1. The first kappa shape index (κ1) is 18.6. The molecular weight excluding hydrogens is 327 g/mol. The van der Waals surface area contributed by atoms with Crippen molar-refractivity contribution in [3.05, 3.63) is 65.2 Å². The Morgan fingerprint density at radius 1 is 1.08 bits per heavy atom. The van der Waals surface area contributed by atoms with Gasteiger partial charge in [-0.05, 0) is 40.9 Å². The molecule has 1 aliphatic heterocycles. The first-order valence-corrected chi connectivity index (χ1v) is 9.08. The highest BCUT2D eigenvalue weighted by Crippen LogP contribution is 2.28. The van der Waals surface area contributed by atoms with Crippen LogP contribution in [0.25, 0.3) is 0 Å². The Balaban J connectivity index is 1.54. The highest BCUT2D eigenvalue weighted by atomic mass is 16.4. The lowest BCUT2D eigenvalue weighted by Gasteiger charge is -2.32. The zero-order chi connectivity index (χ0) is 18.5. The highest BCUT2D eigenvalue weighted by Gasteiger charge is 2.24. The molecule has 0 saturated carbocycles. The number of carbonyl (C=O) groups is 1. The van der Waals surface area contributed by atoms with Gasteiger partial charge < -0.3 is 20.7 Å². The van der Waals surface area contributed by atoms with E-state index in [1.54, 1.807) is 24.3 Å². The molecule has 0 spiro atoms. The normalized spacial score (nSPS) is 15.1. The predicted molar refractivity (Wildman–Crippen MR) is 103 cm³/mol. The van der Waals surface area contributed by atoms with Crippen LogP contribution in [0.15, 0.2) is 48.5 Å². The van der Waals surface area contributed by atoms with E-state index < -0.39 is 7.12 Å². The Morgan fingerprint density at radius 2 is 1.77 bits per heavy atom. The first-order valence-electron chi connectivity index (χ1n) is 9.08. The monoisotopic (exact) mass is 352 g/mol. The van der Waals surface area contributed by atoms with Gasteiger partial charge in [-0.25, -0.2) is 0 Å². The molecule has 1 fully saturated rings. The number of nitrogens with two attached hydrogens (primary N) is 1. The molecule has 136 valence electrons. The van der Waals surface area contributed by atoms with Gasteiger partial charge >= 0.3 is 7.12 Å². The number of likely N-dealkylation sites (tertiary alicyclic amines) is 1. The maximum Gasteiger partial charge on any atom is 0.488 e. The average Bonchev–Trinajstić information content (AvgIpc) is 2.68. The fourth-order valence-electron chi connectivity index (χ4n) is 3.53. The third kappa shape index (κ3) is 4.52. The van der Waals surface area contributed by atoms with Crippen LogP contribution >= 0.6 is 0 Å². The molecule has 2 aromatic carbocycles. The number of hydrogen-bond donors (Lipinski definition) is 3. The van der Waals surface area contributed by atoms with Crippen molar-refractivity contribution >= 4 is 18.5 Å². The molecule has 1 aliphatic rings. The van der Waals surface area contributed by atoms with E-state index in [2.05, 4.69) is 18.2 Å². The SMILES string of the molecule is NCc1cccc(C2CCN(C(=O)Cc3ccc(B(O)O)cc3)CC2)c1. The van der Waals surface area contributed by atoms with Crippen molar-refractivity contribution < 1.29 is 14.8 Å². The molecule has 2 aromatic rings. The zero-order valence-electron chi connectivity index (χ0n) is 14.8. The summed E-state index contributed by atoms with van der Waals surface area (Å²) in [5, 5.41) is 18.3. The van der Waals surface area contributed by atoms with Crippen molar-refractivity contribution in [2.45, 2.75) is 31.7 Å². The van der Waals surface area contributed by atoms with Gasteiger partial charge in [-0.15, -0.1) is 0 Å². The fraction of sp³-hybridized carbons (Fsp3) is 0.350. The largest absolute Gasteiger partial charge is 0.488 e. The first-order chi connectivity index (χ1) is 12.6. The number of rotatable bonds is 5. The van der Waals surface area contributed by atoms with Gasteiger partial charge in [-0.1, -0.05) is 48.5 Å². The van der Waals surface area contributed by atoms with Gasteiger partial charge in [-0.2, -0.15) is 0 Å². The number of benzene rings is 2. The van der Waals surface area contributed by atoms with E-state index in [0.29, 0.717) is 24.3 Å². The minimum atomic E-state index is -1.48. The number of hydrogen-bond acceptors (Lipinski definition) is 4. The van der Waals surface area contributed by atoms with E-state index in [4.69, 9.17) is 15.8 Å². The summed E-state index contributed by atoms with van der Waals surface area (Å²) in [5.41, 5.74) is 9.52. The van der Waals surface area contributed by atoms with Gasteiger partial charge in [0, 0.05) is 19.6 Å². The molecule has 4 N–H and O–H groups in total. The van der Waals surface area contributed by atoms with E-state index in [0.717, 1.165) is 37.1 Å². The second-order valence-electron chi connectivity index (χ2n) is 6.90. The molecule has 26 heavy (non-hydrogen) atoms. The van der Waals surface area contributed by atoms with E-state index in [1.807, 2.05) is 11.0 Å². The van der Waals surface area contributed by atoms with Gasteiger partial charge in [-0.3, -0.25) is 4.79 Å². The lowest BCUT2D eigenvalue weighted by molar-refractivity contribution is -0.131. The maximum atomic E-state index is 12.5. The van der Waals surface area contributed by atoms with Crippen molar-refractivity contribution in [2.75, 3.05) is 13.1 Å². The van der Waals surface area contributed by atoms with Crippen LogP contribution in [0.2, 0.25) is 0 Å². The van der Waals surface area contributed by atoms with Gasteiger partial charge in [0.1, 0.15) is 0 Å². The fourth-order valence-corrected chi connectivity index (χ4v) is 3.53. The lowest BCUT2D eigenvalue weighted by Crippen LogP contribution is -2.38. The summed E-state index contributed by atoms with van der Waals surface area (Å²) in [6.45, 7) is 2.09. The second kappa shape index (κ2) is 8.49. The average molecular weight is 352 g/mol. The lowest BCUT2D eigenvalue weighted by atomic mass is 9.80. The topological polar surface area (TPSA) is 86.8 Å². The molecule has 1 heterocycles. The Kier molecular flexibility index (Phi) is 6.09. The van der Waals surface area contributed by atoms with Crippen LogP contribution in [0, 0.1) is 0 Å². The van der Waals surface area contributed by atoms with Crippen LogP contribution in [0.3, 0.4) is 0 Å². The van der Waals surface area contributed by atoms with Crippen LogP contribution in [0.5, 0.6) is 0 Å². The van der Waals surface area contributed by atoms with Crippen molar-refractivity contribution in [3.8, 4) is 0 Å². The molecule has 0 bridgehead atoms. The minimum absolute atomic E-state index is 0.122. The molecule has 0 atom stereocenters. The van der Waals surface area contributed by atoms with Crippen molar-refractivity contribution in [2.24, 2.45) is 5.73 Å². The molecule has 5 nitrogen and oxygen atoms in total. The Morgan fingerprint density at radius 3 is 2.38 bits per heavy atom. The summed E-state index contributed by atoms with van der Waals surface area (Å²) in [7, 11) is -1.48.